The van der Waals surface area contributed by atoms with E-state index in [0.29, 0.717) is 24.0 Å². The first-order chi connectivity index (χ1) is 10.1. The molecule has 0 bridgehead atoms. The lowest BCUT2D eigenvalue weighted by molar-refractivity contribution is 0.229. The maximum absolute atomic E-state index is 13.0. The first kappa shape index (κ1) is 15.7. The molecule has 0 atom stereocenters. The number of nitrogens with zero attached hydrogens (tertiary/aromatic N) is 1. The first-order valence-electron chi connectivity index (χ1n) is 6.81. The minimum atomic E-state index is -0.330. The molecule has 0 saturated heterocycles. The van der Waals surface area contributed by atoms with Crippen molar-refractivity contribution in [2.24, 2.45) is 0 Å². The number of benzene rings is 1. The number of rotatable bonds is 6. The molecular formula is C16H18ClFN2O. The molecular weight excluding hydrogens is 291 g/mol. The number of hydrogen-bond acceptors (Lipinski definition) is 3. The monoisotopic (exact) mass is 308 g/mol. The molecule has 0 unspecified atom stereocenters. The van der Waals surface area contributed by atoms with Crippen molar-refractivity contribution >= 4 is 11.6 Å². The lowest BCUT2D eigenvalue weighted by Gasteiger charge is -2.13. The van der Waals surface area contributed by atoms with Crippen molar-refractivity contribution in [2.45, 2.75) is 33.0 Å². The van der Waals surface area contributed by atoms with E-state index in [1.165, 1.54) is 12.1 Å². The summed E-state index contributed by atoms with van der Waals surface area (Å²) in [4.78, 5) is 4.24. The largest absolute Gasteiger partial charge is 0.475 e. The fraction of sp³-hybridized carbons (Fsp3) is 0.312. The van der Waals surface area contributed by atoms with Gasteiger partial charge >= 0.3 is 0 Å². The summed E-state index contributed by atoms with van der Waals surface area (Å²) in [5.41, 5.74) is 1.83. The molecule has 112 valence electrons. The number of hydrogen-bond donors (Lipinski definition) is 1. The highest BCUT2D eigenvalue weighted by Gasteiger charge is 2.07. The van der Waals surface area contributed by atoms with Gasteiger partial charge in [0.25, 0.3) is 0 Å². The predicted octanol–water partition coefficient (Wildman–Crippen LogP) is 3.95. The Kier molecular flexibility index (Phi) is 5.53. The quantitative estimate of drug-likeness (QED) is 0.877. The zero-order chi connectivity index (χ0) is 15.2. The van der Waals surface area contributed by atoms with E-state index >= 15 is 0 Å². The van der Waals surface area contributed by atoms with E-state index in [-0.39, 0.29) is 11.9 Å². The molecule has 21 heavy (non-hydrogen) atoms. The summed E-state index contributed by atoms with van der Waals surface area (Å²) in [5.74, 6) is 0.300. The summed E-state index contributed by atoms with van der Waals surface area (Å²) in [7, 11) is 0. The summed E-state index contributed by atoms with van der Waals surface area (Å²) in [6.07, 6.45) is 1.78. The molecule has 0 aliphatic rings. The van der Waals surface area contributed by atoms with Crippen LogP contribution in [0.5, 0.6) is 5.88 Å². The standard InChI is InChI=1S/C16H18ClFN2O/c1-11(2)21-16-13(4-3-7-20-16)10-19-9-12-5-6-14(18)8-15(12)17/h3-8,11,19H,9-10H2,1-2H3. The fourth-order valence-corrected chi connectivity index (χ4v) is 2.12. The fourth-order valence-electron chi connectivity index (χ4n) is 1.88. The average Bonchev–Trinajstić information content (AvgIpc) is 2.42. The van der Waals surface area contributed by atoms with Crippen molar-refractivity contribution in [1.82, 2.24) is 10.3 Å². The third-order valence-corrected chi connectivity index (χ3v) is 3.20. The van der Waals surface area contributed by atoms with Gasteiger partial charge in [0.05, 0.1) is 6.10 Å². The lowest BCUT2D eigenvalue weighted by Crippen LogP contribution is -2.16. The van der Waals surface area contributed by atoms with Gasteiger partial charge in [0, 0.05) is 29.9 Å². The second kappa shape index (κ2) is 7.38. The van der Waals surface area contributed by atoms with Gasteiger partial charge in [-0.3, -0.25) is 0 Å². The second-order valence-corrected chi connectivity index (χ2v) is 5.38. The maximum atomic E-state index is 13.0. The van der Waals surface area contributed by atoms with Gasteiger partial charge in [0.2, 0.25) is 5.88 Å². The number of ether oxygens (including phenoxy) is 1. The highest BCUT2D eigenvalue weighted by molar-refractivity contribution is 6.31. The van der Waals surface area contributed by atoms with Crippen LogP contribution in [0.2, 0.25) is 5.02 Å². The van der Waals surface area contributed by atoms with Crippen molar-refractivity contribution in [3.8, 4) is 5.88 Å². The van der Waals surface area contributed by atoms with Gasteiger partial charge in [-0.05, 0) is 37.6 Å². The van der Waals surface area contributed by atoms with E-state index in [1.807, 2.05) is 26.0 Å². The molecule has 1 aromatic carbocycles. The summed E-state index contributed by atoms with van der Waals surface area (Å²) < 4.78 is 18.6. The predicted molar refractivity (Wildman–Crippen MR) is 82.0 cm³/mol. The molecule has 0 aliphatic heterocycles. The molecule has 1 aromatic heterocycles. The SMILES string of the molecule is CC(C)Oc1ncccc1CNCc1ccc(F)cc1Cl. The summed E-state index contributed by atoms with van der Waals surface area (Å²) in [5, 5.41) is 3.69. The van der Waals surface area contributed by atoms with Crippen LogP contribution in [0.4, 0.5) is 4.39 Å². The Morgan fingerprint density at radius 3 is 2.71 bits per heavy atom. The van der Waals surface area contributed by atoms with Crippen LogP contribution in [0.25, 0.3) is 0 Å². The van der Waals surface area contributed by atoms with Crippen molar-refractivity contribution in [2.75, 3.05) is 0 Å². The molecule has 3 nitrogen and oxygen atoms in total. The van der Waals surface area contributed by atoms with Gasteiger partial charge in [0.15, 0.2) is 0 Å². The summed E-state index contributed by atoms with van der Waals surface area (Å²) >= 11 is 5.99. The zero-order valence-electron chi connectivity index (χ0n) is 12.1. The number of aromatic nitrogens is 1. The molecule has 2 aromatic rings. The minimum absolute atomic E-state index is 0.0743. The van der Waals surface area contributed by atoms with Crippen molar-refractivity contribution in [3.05, 3.63) is 58.5 Å². The topological polar surface area (TPSA) is 34.1 Å². The molecule has 0 radical (unpaired) electrons. The van der Waals surface area contributed by atoms with Crippen molar-refractivity contribution in [1.29, 1.82) is 0 Å². The molecule has 1 N–H and O–H groups in total. The molecule has 0 spiro atoms. The van der Waals surface area contributed by atoms with Crippen LogP contribution in [0, 0.1) is 5.82 Å². The number of halogens is 2. The highest BCUT2D eigenvalue weighted by Crippen LogP contribution is 2.18. The van der Waals surface area contributed by atoms with Crippen LogP contribution in [-0.2, 0) is 13.1 Å². The van der Waals surface area contributed by atoms with Gasteiger partial charge in [-0.1, -0.05) is 23.7 Å². The Bertz CT molecular complexity index is 605. The third-order valence-electron chi connectivity index (χ3n) is 2.84. The molecule has 0 aliphatic carbocycles. The van der Waals surface area contributed by atoms with Gasteiger partial charge in [-0.15, -0.1) is 0 Å². The number of pyridine rings is 1. The molecule has 1 heterocycles. The van der Waals surface area contributed by atoms with E-state index in [0.717, 1.165) is 11.1 Å². The second-order valence-electron chi connectivity index (χ2n) is 4.97. The summed E-state index contributed by atoms with van der Waals surface area (Å²) in [6, 6.07) is 8.23. The molecule has 0 saturated carbocycles. The maximum Gasteiger partial charge on any atom is 0.218 e. The highest BCUT2D eigenvalue weighted by atomic mass is 35.5. The Hall–Kier alpha value is -1.65. The van der Waals surface area contributed by atoms with Gasteiger partial charge in [-0.2, -0.15) is 0 Å². The van der Waals surface area contributed by atoms with E-state index in [9.17, 15) is 4.39 Å². The van der Waals surface area contributed by atoms with E-state index in [4.69, 9.17) is 16.3 Å². The first-order valence-corrected chi connectivity index (χ1v) is 7.19. The van der Waals surface area contributed by atoms with E-state index in [2.05, 4.69) is 10.3 Å². The van der Waals surface area contributed by atoms with Crippen molar-refractivity contribution in [3.63, 3.8) is 0 Å². The minimum Gasteiger partial charge on any atom is -0.475 e. The molecule has 2 rings (SSSR count). The number of nitrogens with one attached hydrogen (secondary N) is 1. The average molecular weight is 309 g/mol. The summed E-state index contributed by atoms with van der Waals surface area (Å²) in [6.45, 7) is 5.08. The molecule has 0 amide bonds. The third kappa shape index (κ3) is 4.69. The normalized spacial score (nSPS) is 10.9. The van der Waals surface area contributed by atoms with Gasteiger partial charge < -0.3 is 10.1 Å². The smallest absolute Gasteiger partial charge is 0.218 e. The van der Waals surface area contributed by atoms with E-state index < -0.39 is 0 Å². The van der Waals surface area contributed by atoms with Crippen LogP contribution in [0.3, 0.4) is 0 Å². The van der Waals surface area contributed by atoms with Gasteiger partial charge in [-0.25, -0.2) is 9.37 Å². The van der Waals surface area contributed by atoms with Crippen LogP contribution in [0.15, 0.2) is 36.5 Å². The van der Waals surface area contributed by atoms with E-state index in [1.54, 1.807) is 12.3 Å². The zero-order valence-corrected chi connectivity index (χ0v) is 12.8. The van der Waals surface area contributed by atoms with Crippen LogP contribution >= 0.6 is 11.6 Å². The Morgan fingerprint density at radius 2 is 2.00 bits per heavy atom. The van der Waals surface area contributed by atoms with Crippen molar-refractivity contribution < 1.29 is 9.13 Å². The Morgan fingerprint density at radius 1 is 1.24 bits per heavy atom. The Balaban J connectivity index is 1.97. The van der Waals surface area contributed by atoms with Crippen LogP contribution in [0.1, 0.15) is 25.0 Å². The van der Waals surface area contributed by atoms with Crippen LogP contribution < -0.4 is 10.1 Å². The molecule has 0 fully saturated rings. The Labute approximate surface area is 129 Å². The van der Waals surface area contributed by atoms with Gasteiger partial charge in [0.1, 0.15) is 5.82 Å². The molecule has 5 heteroatoms. The van der Waals surface area contributed by atoms with Crippen LogP contribution in [-0.4, -0.2) is 11.1 Å². The lowest BCUT2D eigenvalue weighted by atomic mass is 10.2.